The molecule has 0 aliphatic carbocycles. The maximum atomic E-state index is 12.9. The molecule has 1 saturated heterocycles. The molecule has 0 radical (unpaired) electrons. The number of amides is 1. The van der Waals surface area contributed by atoms with Crippen molar-refractivity contribution in [1.82, 2.24) is 14.7 Å². The SMILES string of the molecule is CN(Cc1ccccc1N1CCCC1)C(=O)c1ccc(-n2cccn2)cc1. The first-order valence-electron chi connectivity index (χ1n) is 9.41. The number of hydrogen-bond donors (Lipinski definition) is 0. The second-order valence-electron chi connectivity index (χ2n) is 6.98. The third-order valence-electron chi connectivity index (χ3n) is 5.08. The Morgan fingerprint density at radius 1 is 1.04 bits per heavy atom. The Bertz CT molecular complexity index is 896. The molecule has 0 unspecified atom stereocenters. The van der Waals surface area contributed by atoms with Crippen molar-refractivity contribution in [2.45, 2.75) is 19.4 Å². The van der Waals surface area contributed by atoms with Crippen LogP contribution in [0.4, 0.5) is 5.69 Å². The van der Waals surface area contributed by atoms with E-state index in [1.807, 2.05) is 49.6 Å². The quantitative estimate of drug-likeness (QED) is 0.696. The molecule has 4 rings (SSSR count). The minimum Gasteiger partial charge on any atom is -0.371 e. The van der Waals surface area contributed by atoms with E-state index in [0.29, 0.717) is 12.1 Å². The van der Waals surface area contributed by atoms with Crippen LogP contribution in [0.3, 0.4) is 0 Å². The van der Waals surface area contributed by atoms with Crippen molar-refractivity contribution < 1.29 is 4.79 Å². The van der Waals surface area contributed by atoms with Crippen LogP contribution in [0.2, 0.25) is 0 Å². The molecule has 5 nitrogen and oxygen atoms in total. The molecule has 0 bridgehead atoms. The Hall–Kier alpha value is -3.08. The van der Waals surface area contributed by atoms with E-state index < -0.39 is 0 Å². The van der Waals surface area contributed by atoms with E-state index in [9.17, 15) is 4.79 Å². The second-order valence-corrected chi connectivity index (χ2v) is 6.98. The molecule has 1 fully saturated rings. The highest BCUT2D eigenvalue weighted by Crippen LogP contribution is 2.25. The van der Waals surface area contributed by atoms with Gasteiger partial charge in [0, 0.05) is 50.3 Å². The fourth-order valence-corrected chi connectivity index (χ4v) is 3.64. The maximum absolute atomic E-state index is 12.9. The molecule has 0 saturated carbocycles. The van der Waals surface area contributed by atoms with E-state index >= 15 is 0 Å². The lowest BCUT2D eigenvalue weighted by Crippen LogP contribution is -2.28. The number of para-hydroxylation sites is 1. The molecule has 138 valence electrons. The lowest BCUT2D eigenvalue weighted by atomic mass is 10.1. The van der Waals surface area contributed by atoms with E-state index in [-0.39, 0.29) is 5.91 Å². The summed E-state index contributed by atoms with van der Waals surface area (Å²) >= 11 is 0. The molecule has 1 aromatic heterocycles. The Morgan fingerprint density at radius 3 is 2.48 bits per heavy atom. The molecule has 5 heteroatoms. The zero-order valence-electron chi connectivity index (χ0n) is 15.6. The monoisotopic (exact) mass is 360 g/mol. The van der Waals surface area contributed by atoms with Gasteiger partial charge in [-0.3, -0.25) is 4.79 Å². The van der Waals surface area contributed by atoms with Gasteiger partial charge in [-0.1, -0.05) is 18.2 Å². The molecule has 2 heterocycles. The van der Waals surface area contributed by atoms with Crippen LogP contribution in [0.1, 0.15) is 28.8 Å². The second kappa shape index (κ2) is 7.66. The van der Waals surface area contributed by atoms with Crippen molar-refractivity contribution in [3.8, 4) is 5.69 Å². The van der Waals surface area contributed by atoms with Crippen LogP contribution in [-0.4, -0.2) is 40.7 Å². The normalized spacial score (nSPS) is 13.7. The van der Waals surface area contributed by atoms with E-state index in [4.69, 9.17) is 0 Å². The van der Waals surface area contributed by atoms with Gasteiger partial charge in [0.2, 0.25) is 0 Å². The largest absolute Gasteiger partial charge is 0.371 e. The Labute approximate surface area is 159 Å². The van der Waals surface area contributed by atoms with Crippen molar-refractivity contribution in [2.24, 2.45) is 0 Å². The van der Waals surface area contributed by atoms with Gasteiger partial charge in [0.25, 0.3) is 5.91 Å². The van der Waals surface area contributed by atoms with Crippen LogP contribution in [0, 0.1) is 0 Å². The van der Waals surface area contributed by atoms with E-state index in [1.54, 1.807) is 15.8 Å². The number of carbonyl (C=O) groups excluding carboxylic acids is 1. The van der Waals surface area contributed by atoms with Gasteiger partial charge in [0.1, 0.15) is 0 Å². The van der Waals surface area contributed by atoms with Crippen LogP contribution in [0.5, 0.6) is 0 Å². The first kappa shape index (κ1) is 17.3. The predicted octanol–water partition coefficient (Wildman–Crippen LogP) is 3.74. The summed E-state index contributed by atoms with van der Waals surface area (Å²) in [6, 6.07) is 17.9. The van der Waals surface area contributed by atoms with Crippen LogP contribution in [0.15, 0.2) is 67.0 Å². The maximum Gasteiger partial charge on any atom is 0.253 e. The number of rotatable bonds is 5. The molecule has 0 atom stereocenters. The van der Waals surface area contributed by atoms with E-state index in [0.717, 1.165) is 18.8 Å². The molecule has 27 heavy (non-hydrogen) atoms. The average Bonchev–Trinajstić information content (AvgIpc) is 3.42. The number of benzene rings is 2. The first-order chi connectivity index (χ1) is 13.2. The number of anilines is 1. The summed E-state index contributed by atoms with van der Waals surface area (Å²) in [5.74, 6) is 0.0261. The standard InChI is InChI=1S/C22H24N4O/c1-24(17-19-7-2-3-8-21(19)25-14-4-5-15-25)22(27)18-9-11-20(12-10-18)26-16-6-13-23-26/h2-3,6-13,16H,4-5,14-15,17H2,1H3. The number of hydrogen-bond acceptors (Lipinski definition) is 3. The summed E-state index contributed by atoms with van der Waals surface area (Å²) < 4.78 is 1.78. The lowest BCUT2D eigenvalue weighted by molar-refractivity contribution is 0.0785. The third-order valence-corrected chi connectivity index (χ3v) is 5.08. The van der Waals surface area contributed by atoms with Gasteiger partial charge < -0.3 is 9.80 Å². The van der Waals surface area contributed by atoms with Gasteiger partial charge in [-0.05, 0) is 54.8 Å². The summed E-state index contributed by atoms with van der Waals surface area (Å²) in [6.45, 7) is 2.81. The smallest absolute Gasteiger partial charge is 0.253 e. The summed E-state index contributed by atoms with van der Waals surface area (Å²) in [5, 5.41) is 4.22. The third kappa shape index (κ3) is 3.72. The molecular weight excluding hydrogens is 336 g/mol. The van der Waals surface area contributed by atoms with Crippen molar-refractivity contribution in [3.05, 3.63) is 78.1 Å². The zero-order chi connectivity index (χ0) is 18.6. The molecule has 0 N–H and O–H groups in total. The van der Waals surface area contributed by atoms with Gasteiger partial charge in [0.15, 0.2) is 0 Å². The Kier molecular flexibility index (Phi) is 4.92. The van der Waals surface area contributed by atoms with Gasteiger partial charge in [-0.2, -0.15) is 5.10 Å². The highest BCUT2D eigenvalue weighted by molar-refractivity contribution is 5.94. The van der Waals surface area contributed by atoms with Crippen molar-refractivity contribution >= 4 is 11.6 Å². The zero-order valence-corrected chi connectivity index (χ0v) is 15.6. The van der Waals surface area contributed by atoms with Gasteiger partial charge >= 0.3 is 0 Å². The average molecular weight is 360 g/mol. The fourth-order valence-electron chi connectivity index (χ4n) is 3.64. The topological polar surface area (TPSA) is 41.4 Å². The summed E-state index contributed by atoms with van der Waals surface area (Å²) in [4.78, 5) is 17.1. The first-order valence-corrected chi connectivity index (χ1v) is 9.41. The summed E-state index contributed by atoms with van der Waals surface area (Å²) in [6.07, 6.45) is 6.11. The van der Waals surface area contributed by atoms with Gasteiger partial charge in [-0.25, -0.2) is 4.68 Å². The summed E-state index contributed by atoms with van der Waals surface area (Å²) in [5.41, 5.74) is 4.08. The molecule has 2 aromatic carbocycles. The predicted molar refractivity (Wildman–Crippen MR) is 107 cm³/mol. The van der Waals surface area contributed by atoms with Gasteiger partial charge in [0.05, 0.1) is 5.69 Å². The highest BCUT2D eigenvalue weighted by Gasteiger charge is 2.18. The van der Waals surface area contributed by atoms with Crippen LogP contribution < -0.4 is 4.90 Å². The molecule has 0 spiro atoms. The van der Waals surface area contributed by atoms with Crippen molar-refractivity contribution in [3.63, 3.8) is 0 Å². The van der Waals surface area contributed by atoms with Crippen molar-refractivity contribution in [1.29, 1.82) is 0 Å². The minimum atomic E-state index is 0.0261. The number of aromatic nitrogens is 2. The van der Waals surface area contributed by atoms with Gasteiger partial charge in [-0.15, -0.1) is 0 Å². The number of carbonyl (C=O) groups is 1. The lowest BCUT2D eigenvalue weighted by Gasteiger charge is -2.24. The van der Waals surface area contributed by atoms with Crippen LogP contribution in [0.25, 0.3) is 5.69 Å². The summed E-state index contributed by atoms with van der Waals surface area (Å²) in [7, 11) is 1.87. The Morgan fingerprint density at radius 2 is 1.78 bits per heavy atom. The minimum absolute atomic E-state index is 0.0261. The van der Waals surface area contributed by atoms with E-state index in [2.05, 4.69) is 28.2 Å². The number of nitrogens with zero attached hydrogens (tertiary/aromatic N) is 4. The fraction of sp³-hybridized carbons (Fsp3) is 0.273. The van der Waals surface area contributed by atoms with Crippen LogP contribution >= 0.6 is 0 Å². The van der Waals surface area contributed by atoms with E-state index in [1.165, 1.54) is 24.1 Å². The van der Waals surface area contributed by atoms with Crippen LogP contribution in [-0.2, 0) is 6.54 Å². The molecular formula is C22H24N4O. The molecule has 1 aliphatic rings. The van der Waals surface area contributed by atoms with Crippen molar-refractivity contribution in [2.75, 3.05) is 25.0 Å². The molecule has 1 amide bonds. The highest BCUT2D eigenvalue weighted by atomic mass is 16.2. The Balaban J connectivity index is 1.48. The molecule has 1 aliphatic heterocycles. The molecule has 3 aromatic rings.